The van der Waals surface area contributed by atoms with Crippen LogP contribution < -0.4 is 33.2 Å². The van der Waals surface area contributed by atoms with Crippen LogP contribution in [0.2, 0.25) is 0 Å². The van der Waals surface area contributed by atoms with Crippen molar-refractivity contribution in [1.82, 2.24) is 0 Å². The first-order valence-corrected chi connectivity index (χ1v) is 32.6. The molecule has 0 aliphatic heterocycles. The monoisotopic (exact) mass is 1250 g/mol. The first kappa shape index (κ1) is 62.0. The van der Waals surface area contributed by atoms with E-state index in [0.29, 0.717) is 61.7 Å². The van der Waals surface area contributed by atoms with Gasteiger partial charge in [-0.15, -0.1) is 13.2 Å². The highest BCUT2D eigenvalue weighted by molar-refractivity contribution is 5.73. The summed E-state index contributed by atoms with van der Waals surface area (Å²) in [7, 11) is 3.31. The number of alkyl halides is 3. The minimum atomic E-state index is -4.82. The molecular formula is C75H81F3O13. The number of carboxylic acid groups (broad SMARTS) is 3. The Morgan fingerprint density at radius 2 is 1.01 bits per heavy atom. The van der Waals surface area contributed by atoms with Gasteiger partial charge in [-0.25, -0.2) is 0 Å². The van der Waals surface area contributed by atoms with Gasteiger partial charge >= 0.3 is 24.3 Å². The number of rotatable bonds is 31. The molecule has 6 aromatic carbocycles. The average molecular weight is 1250 g/mol. The maximum absolute atomic E-state index is 13.7. The highest BCUT2D eigenvalue weighted by Crippen LogP contribution is 2.64. The van der Waals surface area contributed by atoms with Crippen LogP contribution in [0.4, 0.5) is 13.2 Å². The van der Waals surface area contributed by atoms with Crippen molar-refractivity contribution >= 4 is 17.9 Å². The molecule has 480 valence electrons. The molecule has 3 N–H and O–H groups in total. The van der Waals surface area contributed by atoms with Crippen LogP contribution in [-0.4, -0.2) is 79.7 Å². The Morgan fingerprint density at radius 3 is 1.65 bits per heavy atom. The van der Waals surface area contributed by atoms with Crippen molar-refractivity contribution in [2.24, 2.45) is 53.3 Å². The topological polar surface area (TPSA) is 177 Å². The molecule has 13 nitrogen and oxygen atoms in total. The number of halogens is 3. The summed E-state index contributed by atoms with van der Waals surface area (Å²) in [6, 6.07) is 40.3. The molecule has 0 bridgehead atoms. The van der Waals surface area contributed by atoms with Crippen LogP contribution in [0.5, 0.6) is 40.2 Å². The van der Waals surface area contributed by atoms with E-state index >= 15 is 0 Å². The molecule has 91 heavy (non-hydrogen) atoms. The smallest absolute Gasteiger partial charge is 0.497 e. The van der Waals surface area contributed by atoms with Gasteiger partial charge in [0.1, 0.15) is 40.2 Å². The lowest BCUT2D eigenvalue weighted by atomic mass is 9.77. The molecule has 0 aromatic heterocycles. The second-order valence-electron chi connectivity index (χ2n) is 27.4. The van der Waals surface area contributed by atoms with Gasteiger partial charge in [-0.3, -0.25) is 14.4 Å². The lowest BCUT2D eigenvalue weighted by Gasteiger charge is -2.27. The van der Waals surface area contributed by atoms with Crippen LogP contribution in [-0.2, 0) is 14.4 Å². The van der Waals surface area contributed by atoms with Gasteiger partial charge < -0.3 is 48.5 Å². The molecule has 6 aromatic rings. The second-order valence-corrected chi connectivity index (χ2v) is 27.4. The fourth-order valence-electron chi connectivity index (χ4n) is 15.2. The number of carboxylic acids is 3. The van der Waals surface area contributed by atoms with Gasteiger partial charge in [-0.05, 0) is 229 Å². The Balaban J connectivity index is 0.791. The van der Waals surface area contributed by atoms with Crippen LogP contribution >= 0.6 is 0 Å². The third-order valence-electron chi connectivity index (χ3n) is 21.0. The zero-order valence-electron chi connectivity index (χ0n) is 52.1. The van der Waals surface area contributed by atoms with E-state index in [1.807, 2.05) is 66.7 Å². The van der Waals surface area contributed by atoms with Gasteiger partial charge in [-0.2, -0.15) is 0 Å². The van der Waals surface area contributed by atoms with Crippen molar-refractivity contribution < 1.29 is 76.0 Å². The van der Waals surface area contributed by atoms with E-state index in [4.69, 9.17) is 28.4 Å². The number of carbonyl (C=O) groups is 3. The molecule has 13 rings (SSSR count). The number of benzene rings is 6. The van der Waals surface area contributed by atoms with Crippen LogP contribution in [0.3, 0.4) is 0 Å². The Kier molecular flexibility index (Phi) is 17.2. The minimum absolute atomic E-state index is 0.0230. The predicted molar refractivity (Wildman–Crippen MR) is 334 cm³/mol. The average Bonchev–Trinajstić information content (AvgIpc) is 1.59. The predicted octanol–water partition coefficient (Wildman–Crippen LogP) is 16.1. The number of aliphatic carboxylic acids is 3. The first-order chi connectivity index (χ1) is 43.8. The standard InChI is InChI=1S/C75H81F3O13/c1-39(72(79)80)69(42-15-16-42)47-23-46(27-57(28-47)89-37-49-30-60(49)44-10-7-14-56(25-44)91-75(76,77)78)62-34-66(62)71(41(3)74(83)84)65-33-54(88-36-48-29-59(48)43-9-6-13-55(24-43)90-51-17-18-51)19-21-58(65)63-35-67(63)70(40(2)73(81)82)45-11-8-12-53(26-45)87-38-50-31-61(50)64-32-52(85-4)20-22-68(64)86-5/h6-14,19-28,32-33,39-42,48-51,59-63,66-67,69-71H,15-18,29-31,34-38H2,1-5H3,(H,79,80)(H,81,82)(H,83,84). The summed E-state index contributed by atoms with van der Waals surface area (Å²) in [5.74, 6) is -1.41. The highest BCUT2D eigenvalue weighted by atomic mass is 19.4. The largest absolute Gasteiger partial charge is 0.573 e. The molecule has 7 fully saturated rings. The molecule has 0 radical (unpaired) electrons. The fraction of sp³-hybridized carbons (Fsp3) is 0.480. The minimum Gasteiger partial charge on any atom is -0.497 e. The first-order valence-electron chi connectivity index (χ1n) is 32.6. The molecule has 7 aliphatic carbocycles. The van der Waals surface area contributed by atoms with Gasteiger partial charge in [0.2, 0.25) is 0 Å². The van der Waals surface area contributed by atoms with E-state index in [9.17, 15) is 42.9 Å². The molecule has 16 heteroatoms. The summed E-state index contributed by atoms with van der Waals surface area (Å²) in [5.41, 5.74) is 7.56. The quantitative estimate of drug-likeness (QED) is 0.0375. The fourth-order valence-corrected chi connectivity index (χ4v) is 15.2. The molecular weight excluding hydrogens is 1170 g/mol. The normalized spacial score (nSPS) is 26.3. The Hall–Kier alpha value is -7.88. The summed E-state index contributed by atoms with van der Waals surface area (Å²) < 4.78 is 81.0. The summed E-state index contributed by atoms with van der Waals surface area (Å²) in [6.45, 7) is 6.52. The van der Waals surface area contributed by atoms with E-state index in [-0.39, 0.29) is 77.5 Å². The number of hydrogen-bond donors (Lipinski definition) is 3. The molecule has 7 aliphatic rings. The van der Waals surface area contributed by atoms with Crippen molar-refractivity contribution in [3.63, 3.8) is 0 Å². The van der Waals surface area contributed by atoms with Gasteiger partial charge in [-0.1, -0.05) is 69.3 Å². The van der Waals surface area contributed by atoms with Gasteiger partial charge in [0.25, 0.3) is 0 Å². The van der Waals surface area contributed by atoms with Crippen LogP contribution in [0.25, 0.3) is 0 Å². The third-order valence-corrected chi connectivity index (χ3v) is 21.0. The van der Waals surface area contributed by atoms with Gasteiger partial charge in [0.15, 0.2) is 0 Å². The molecule has 0 spiro atoms. The van der Waals surface area contributed by atoms with Crippen LogP contribution in [0.1, 0.15) is 170 Å². The third kappa shape index (κ3) is 14.3. The highest BCUT2D eigenvalue weighted by Gasteiger charge is 2.54. The van der Waals surface area contributed by atoms with Crippen molar-refractivity contribution in [1.29, 1.82) is 0 Å². The van der Waals surface area contributed by atoms with Gasteiger partial charge in [0, 0.05) is 35.2 Å². The summed E-state index contributed by atoms with van der Waals surface area (Å²) in [4.78, 5) is 39.7. The van der Waals surface area contributed by atoms with Crippen LogP contribution in [0.15, 0.2) is 127 Å². The van der Waals surface area contributed by atoms with Crippen molar-refractivity contribution in [2.45, 2.75) is 138 Å². The summed E-state index contributed by atoms with van der Waals surface area (Å²) >= 11 is 0. The molecule has 0 amide bonds. The van der Waals surface area contributed by atoms with E-state index in [2.05, 4.69) is 41.1 Å². The van der Waals surface area contributed by atoms with E-state index < -0.39 is 53.9 Å². The summed E-state index contributed by atoms with van der Waals surface area (Å²) in [6.07, 6.45) is 3.37. The zero-order chi connectivity index (χ0) is 63.6. The van der Waals surface area contributed by atoms with E-state index in [0.717, 1.165) is 94.7 Å². The zero-order valence-corrected chi connectivity index (χ0v) is 52.1. The molecule has 16 unspecified atom stereocenters. The van der Waals surface area contributed by atoms with Crippen molar-refractivity contribution in [3.05, 3.63) is 172 Å². The number of hydrogen-bond acceptors (Lipinski definition) is 10. The van der Waals surface area contributed by atoms with Crippen LogP contribution in [0, 0.1) is 53.3 Å². The van der Waals surface area contributed by atoms with Crippen molar-refractivity contribution in [2.75, 3.05) is 34.0 Å². The van der Waals surface area contributed by atoms with Crippen molar-refractivity contribution in [3.8, 4) is 40.2 Å². The molecule has 7 saturated carbocycles. The Bertz CT molecular complexity index is 3670. The van der Waals surface area contributed by atoms with Gasteiger partial charge in [0.05, 0.1) is 57.9 Å². The lowest BCUT2D eigenvalue weighted by Crippen LogP contribution is -2.23. The van der Waals surface area contributed by atoms with E-state index in [1.54, 1.807) is 47.1 Å². The summed E-state index contributed by atoms with van der Waals surface area (Å²) in [5, 5.41) is 32.5. The Labute approximate surface area is 529 Å². The molecule has 16 atom stereocenters. The number of methoxy groups -OCH3 is 2. The molecule has 0 saturated heterocycles. The lowest BCUT2D eigenvalue weighted by molar-refractivity contribution is -0.274. The second kappa shape index (κ2) is 25.3. The maximum atomic E-state index is 13.7. The van der Waals surface area contributed by atoms with E-state index in [1.165, 1.54) is 17.7 Å². The Morgan fingerprint density at radius 1 is 0.473 bits per heavy atom. The molecule has 0 heterocycles. The number of ether oxygens (including phenoxy) is 7. The maximum Gasteiger partial charge on any atom is 0.573 e. The SMILES string of the molecule is COc1ccc(OC)c(C2CC2COc2cccc(C(C(C)C(=O)O)C3CC3c3ccc(OCC4CC4c4cccc(OC5CC5)c4)cc3C(C(C)C(=O)O)C3CC3c3cc(OCC4CC4c4cccc(OC(F)(F)F)c4)cc(C(C4CC4)C(C)C(=O)O)c3)c2)c1.